The number of ether oxygens (including phenoxy) is 2. The van der Waals surface area contributed by atoms with Crippen molar-refractivity contribution in [3.05, 3.63) is 29.8 Å². The van der Waals surface area contributed by atoms with Gasteiger partial charge in [0.15, 0.2) is 14.6 Å². The highest BCUT2D eigenvalue weighted by molar-refractivity contribution is 7.92. The van der Waals surface area contributed by atoms with E-state index in [2.05, 4.69) is 16.7 Å². The highest BCUT2D eigenvalue weighted by Gasteiger charge is 2.48. The second kappa shape index (κ2) is 10.1. The number of hydrogen-bond donors (Lipinski definition) is 2. The van der Waals surface area contributed by atoms with Crippen molar-refractivity contribution in [3.63, 3.8) is 0 Å². The normalized spacial score (nSPS) is 26.3. The van der Waals surface area contributed by atoms with Gasteiger partial charge in [0.2, 0.25) is 0 Å². The molecule has 2 amide bonds. The van der Waals surface area contributed by atoms with Crippen LogP contribution in [0.25, 0.3) is 0 Å². The van der Waals surface area contributed by atoms with Crippen LogP contribution in [-0.2, 0) is 24.1 Å². The molecule has 1 aliphatic carbocycles. The Morgan fingerprint density at radius 2 is 1.94 bits per heavy atom. The van der Waals surface area contributed by atoms with Crippen molar-refractivity contribution in [2.75, 3.05) is 50.5 Å². The quantitative estimate of drug-likeness (QED) is 0.320. The fourth-order valence-corrected chi connectivity index (χ4v) is 5.32. The predicted molar refractivity (Wildman–Crippen MR) is 128 cm³/mol. The third-order valence-electron chi connectivity index (χ3n) is 6.99. The fourth-order valence-electron chi connectivity index (χ4n) is 4.45. The SMILES string of the molecule is CC(CC1CN(c2ccc(C#CC3CC3CN3CCOCC3)cc2)C(=O)O1)(C(=O)NO)S(C)(=O)=O. The number of nitrogens with zero attached hydrogens (tertiary/aromatic N) is 2. The molecule has 1 saturated carbocycles. The lowest BCUT2D eigenvalue weighted by atomic mass is 10.0. The van der Waals surface area contributed by atoms with Gasteiger partial charge in [-0.25, -0.2) is 18.7 Å². The van der Waals surface area contributed by atoms with Gasteiger partial charge in [0.25, 0.3) is 5.91 Å². The fraction of sp³-hybridized carbons (Fsp3) is 0.583. The molecule has 2 N–H and O–H groups in total. The number of rotatable bonds is 7. The first-order valence-corrected chi connectivity index (χ1v) is 13.5. The van der Waals surface area contributed by atoms with Crippen LogP contribution in [0.5, 0.6) is 0 Å². The first-order valence-electron chi connectivity index (χ1n) is 11.6. The summed E-state index contributed by atoms with van der Waals surface area (Å²) in [6.45, 7) is 5.92. The Morgan fingerprint density at radius 1 is 1.26 bits per heavy atom. The van der Waals surface area contributed by atoms with E-state index < -0.39 is 32.7 Å². The number of carbonyl (C=O) groups excluding carboxylic acids is 2. The highest BCUT2D eigenvalue weighted by Crippen LogP contribution is 2.38. The number of hydroxylamine groups is 1. The van der Waals surface area contributed by atoms with Crippen molar-refractivity contribution in [1.29, 1.82) is 0 Å². The topological polar surface area (TPSA) is 125 Å². The summed E-state index contributed by atoms with van der Waals surface area (Å²) in [5, 5.41) is 8.99. The van der Waals surface area contributed by atoms with Gasteiger partial charge >= 0.3 is 6.09 Å². The van der Waals surface area contributed by atoms with Gasteiger partial charge in [0.1, 0.15) is 6.10 Å². The zero-order valence-electron chi connectivity index (χ0n) is 19.9. The number of morpholine rings is 1. The van der Waals surface area contributed by atoms with E-state index in [1.54, 1.807) is 12.1 Å². The van der Waals surface area contributed by atoms with E-state index in [-0.39, 0.29) is 13.0 Å². The van der Waals surface area contributed by atoms with Gasteiger partial charge < -0.3 is 9.47 Å². The first kappa shape index (κ1) is 25.4. The molecular formula is C24H31N3O7S. The molecular weight excluding hydrogens is 474 g/mol. The van der Waals surface area contributed by atoms with Gasteiger partial charge in [0, 0.05) is 49.5 Å². The van der Waals surface area contributed by atoms with Crippen molar-refractivity contribution in [3.8, 4) is 11.8 Å². The van der Waals surface area contributed by atoms with Crippen LogP contribution in [0.4, 0.5) is 10.5 Å². The summed E-state index contributed by atoms with van der Waals surface area (Å²) in [4.78, 5) is 28.3. The Balaban J connectivity index is 1.34. The lowest BCUT2D eigenvalue weighted by Gasteiger charge is -2.26. The Labute approximate surface area is 205 Å². The van der Waals surface area contributed by atoms with E-state index in [1.165, 1.54) is 17.3 Å². The lowest BCUT2D eigenvalue weighted by Crippen LogP contribution is -2.51. The van der Waals surface area contributed by atoms with E-state index in [1.807, 2.05) is 12.1 Å². The lowest BCUT2D eigenvalue weighted by molar-refractivity contribution is -0.132. The van der Waals surface area contributed by atoms with Gasteiger partial charge in [-0.2, -0.15) is 0 Å². The number of nitrogens with one attached hydrogen (secondary N) is 1. The third kappa shape index (κ3) is 5.78. The maximum absolute atomic E-state index is 12.4. The van der Waals surface area contributed by atoms with Gasteiger partial charge in [0.05, 0.1) is 19.8 Å². The molecule has 1 aromatic carbocycles. The molecule has 35 heavy (non-hydrogen) atoms. The van der Waals surface area contributed by atoms with Crippen molar-refractivity contribution in [1.82, 2.24) is 10.4 Å². The van der Waals surface area contributed by atoms with Gasteiger partial charge in [-0.3, -0.25) is 19.8 Å². The maximum atomic E-state index is 12.4. The summed E-state index contributed by atoms with van der Waals surface area (Å²) in [5.41, 5.74) is 2.84. The van der Waals surface area contributed by atoms with Crippen LogP contribution in [0.1, 0.15) is 25.3 Å². The van der Waals surface area contributed by atoms with Crippen molar-refractivity contribution < 1.29 is 32.7 Å². The van der Waals surface area contributed by atoms with Crippen LogP contribution in [0.15, 0.2) is 24.3 Å². The van der Waals surface area contributed by atoms with Crippen LogP contribution in [-0.4, -0.2) is 87.0 Å². The van der Waals surface area contributed by atoms with Crippen LogP contribution < -0.4 is 10.4 Å². The molecule has 4 unspecified atom stereocenters. The summed E-state index contributed by atoms with van der Waals surface area (Å²) in [6, 6.07) is 7.20. The number of benzene rings is 1. The van der Waals surface area contributed by atoms with Crippen LogP contribution >= 0.6 is 0 Å². The van der Waals surface area contributed by atoms with Crippen LogP contribution in [0.3, 0.4) is 0 Å². The van der Waals surface area contributed by atoms with Crippen molar-refractivity contribution >= 4 is 27.5 Å². The molecule has 4 atom stereocenters. The molecule has 2 heterocycles. The van der Waals surface area contributed by atoms with Crippen LogP contribution in [0, 0.1) is 23.7 Å². The molecule has 0 aromatic heterocycles. The zero-order valence-corrected chi connectivity index (χ0v) is 20.7. The van der Waals surface area contributed by atoms with Gasteiger partial charge in [-0.15, -0.1) is 0 Å². The molecule has 11 heteroatoms. The minimum absolute atomic E-state index is 0.0823. The molecule has 190 valence electrons. The average Bonchev–Trinajstić information content (AvgIpc) is 3.47. The largest absolute Gasteiger partial charge is 0.444 e. The molecule has 0 bridgehead atoms. The van der Waals surface area contributed by atoms with E-state index in [4.69, 9.17) is 14.7 Å². The van der Waals surface area contributed by atoms with Gasteiger partial charge in [-0.1, -0.05) is 11.8 Å². The molecule has 10 nitrogen and oxygen atoms in total. The minimum atomic E-state index is -3.89. The number of cyclic esters (lactones) is 1. The maximum Gasteiger partial charge on any atom is 0.414 e. The second-order valence-electron chi connectivity index (χ2n) is 9.60. The van der Waals surface area contributed by atoms with Gasteiger partial charge in [-0.05, 0) is 43.5 Å². The highest BCUT2D eigenvalue weighted by atomic mass is 32.2. The number of sulfone groups is 1. The standard InChI is InChI=1S/C24H31N3O7S/c1-24(22(28)25-30,35(2,31)32)14-21-16-27(23(29)34-21)20-7-4-17(5-8-20)3-6-18-13-19(18)15-26-9-11-33-12-10-26/h4-5,7-8,18-19,21,30H,9-16H2,1-2H3,(H,25,28). The van der Waals surface area contributed by atoms with Crippen LogP contribution in [0.2, 0.25) is 0 Å². The number of hydrogen-bond acceptors (Lipinski definition) is 8. The minimum Gasteiger partial charge on any atom is -0.444 e. The molecule has 3 aliphatic rings. The predicted octanol–water partition coefficient (Wildman–Crippen LogP) is 1.03. The summed E-state index contributed by atoms with van der Waals surface area (Å²) >= 11 is 0. The Hall–Kier alpha value is -2.65. The summed E-state index contributed by atoms with van der Waals surface area (Å²) in [5.74, 6) is 6.51. The molecule has 0 spiro atoms. The Bertz CT molecular complexity index is 1120. The number of anilines is 1. The Kier molecular flexibility index (Phi) is 7.38. The molecule has 2 saturated heterocycles. The van der Waals surface area contributed by atoms with E-state index in [9.17, 15) is 18.0 Å². The monoisotopic (exact) mass is 505 g/mol. The van der Waals surface area contributed by atoms with E-state index in [0.717, 1.165) is 51.1 Å². The van der Waals surface area contributed by atoms with E-state index in [0.29, 0.717) is 17.5 Å². The summed E-state index contributed by atoms with van der Waals surface area (Å²) in [7, 11) is -3.89. The number of carbonyl (C=O) groups is 2. The average molecular weight is 506 g/mol. The zero-order chi connectivity index (χ0) is 25.2. The van der Waals surface area contributed by atoms with E-state index >= 15 is 0 Å². The first-order chi connectivity index (χ1) is 16.6. The molecule has 2 aliphatic heterocycles. The summed E-state index contributed by atoms with van der Waals surface area (Å²) < 4.78 is 33.2. The number of amides is 2. The molecule has 1 aromatic rings. The van der Waals surface area contributed by atoms with Crippen molar-refractivity contribution in [2.45, 2.75) is 30.6 Å². The third-order valence-corrected chi connectivity index (χ3v) is 8.98. The smallest absolute Gasteiger partial charge is 0.414 e. The molecule has 0 radical (unpaired) electrons. The molecule has 3 fully saturated rings. The van der Waals surface area contributed by atoms with Crippen molar-refractivity contribution in [2.24, 2.45) is 11.8 Å². The second-order valence-corrected chi connectivity index (χ2v) is 12.0. The molecule has 4 rings (SSSR count). The Morgan fingerprint density at radius 3 is 2.57 bits per heavy atom. The summed E-state index contributed by atoms with van der Waals surface area (Å²) in [6.07, 6.45) is 0.278.